The lowest BCUT2D eigenvalue weighted by molar-refractivity contribution is -0.121. The molecule has 0 bridgehead atoms. The van der Waals surface area contributed by atoms with Crippen molar-refractivity contribution in [1.82, 2.24) is 15.1 Å². The molecule has 0 N–H and O–H groups in total. The Balaban J connectivity index is 1.96. The second-order valence-electron chi connectivity index (χ2n) is 4.83. The van der Waals surface area contributed by atoms with E-state index in [4.69, 9.17) is 0 Å². The lowest BCUT2D eigenvalue weighted by atomic mass is 10.2. The normalized spacial score (nSPS) is 17.9. The highest BCUT2D eigenvalue weighted by Crippen LogP contribution is 2.34. The Morgan fingerprint density at radius 2 is 2.17 bits per heavy atom. The number of benzene rings is 1. The Hall–Kier alpha value is -2.32. The number of hydrogen-bond acceptors (Lipinski definition) is 6. The molecule has 1 aliphatic heterocycles. The Kier molecular flexibility index (Phi) is 4.86. The van der Waals surface area contributed by atoms with Gasteiger partial charge in [-0.3, -0.25) is 9.69 Å². The molecule has 1 aliphatic rings. The molecule has 1 fully saturated rings. The third kappa shape index (κ3) is 3.44. The van der Waals surface area contributed by atoms with E-state index in [0.717, 1.165) is 5.01 Å². The van der Waals surface area contributed by atoms with Crippen molar-refractivity contribution in [2.45, 2.75) is 6.92 Å². The van der Waals surface area contributed by atoms with Gasteiger partial charge in [0.25, 0.3) is 5.91 Å². The quantitative estimate of drug-likeness (QED) is 0.615. The fourth-order valence-electron chi connectivity index (χ4n) is 2.03. The number of hydrogen-bond donors (Lipinski definition) is 0. The largest absolute Gasteiger partial charge is 0.282 e. The number of thioether (sulfide) groups is 1. The average molecular weight is 360 g/mol. The first-order valence-corrected chi connectivity index (χ1v) is 8.67. The molecular weight excluding hydrogens is 347 g/mol. The number of amides is 1. The highest BCUT2D eigenvalue weighted by molar-refractivity contribution is 8.18. The van der Waals surface area contributed by atoms with Crippen LogP contribution in [0.5, 0.6) is 0 Å². The van der Waals surface area contributed by atoms with Crippen LogP contribution >= 0.6 is 23.1 Å². The van der Waals surface area contributed by atoms with Crippen molar-refractivity contribution in [3.05, 3.63) is 58.2 Å². The highest BCUT2D eigenvalue weighted by Gasteiger charge is 2.33. The summed E-state index contributed by atoms with van der Waals surface area (Å²) in [5.74, 6) is -0.609. The van der Waals surface area contributed by atoms with E-state index in [9.17, 15) is 9.18 Å². The Morgan fingerprint density at radius 3 is 2.83 bits per heavy atom. The first-order valence-electron chi connectivity index (χ1n) is 7.04. The maximum Gasteiger partial charge on any atom is 0.267 e. The van der Waals surface area contributed by atoms with Crippen molar-refractivity contribution in [1.29, 1.82) is 0 Å². The summed E-state index contributed by atoms with van der Waals surface area (Å²) < 4.78 is 13.8. The molecule has 1 aromatic carbocycles. The molecule has 0 radical (unpaired) electrons. The van der Waals surface area contributed by atoms with Crippen molar-refractivity contribution in [3.63, 3.8) is 0 Å². The molecule has 0 atom stereocenters. The van der Waals surface area contributed by atoms with Crippen LogP contribution < -0.4 is 0 Å². The zero-order chi connectivity index (χ0) is 17.1. The van der Waals surface area contributed by atoms with Crippen molar-refractivity contribution in [3.8, 4) is 0 Å². The summed E-state index contributed by atoms with van der Waals surface area (Å²) in [6.07, 6.45) is 3.15. The molecule has 1 amide bonds. The number of carbonyl (C=O) groups excluding carboxylic acids is 1. The number of nitrogens with zero attached hydrogens (tertiary/aromatic N) is 4. The second-order valence-corrected chi connectivity index (χ2v) is 7.00. The van der Waals surface area contributed by atoms with Crippen LogP contribution in [0.15, 0.2) is 46.8 Å². The lowest BCUT2D eigenvalue weighted by Gasteiger charge is -2.11. The number of aryl methyl sites for hydroxylation is 1. The van der Waals surface area contributed by atoms with E-state index < -0.39 is 0 Å². The third-order valence-corrected chi connectivity index (χ3v) is 4.84. The van der Waals surface area contributed by atoms with Gasteiger partial charge in [-0.05, 0) is 30.8 Å². The standard InChI is InChI=1S/C16H13FN4OS2/c1-3-8-21-14(22)13(9-11-6-4-5-7-12(11)17)24-16(21)18-15-20-19-10(2)23-15/h3-7,9H,1,8H2,2H3/b13-9-,18-16+. The SMILES string of the molecule is C=CCN1C(=O)/C(=C/c2ccccc2F)S/C1=N/c1nnc(C)s1. The van der Waals surface area contributed by atoms with E-state index in [0.29, 0.717) is 27.3 Å². The van der Waals surface area contributed by atoms with Gasteiger partial charge in [0.05, 0.1) is 4.91 Å². The molecule has 0 spiro atoms. The zero-order valence-corrected chi connectivity index (χ0v) is 14.4. The minimum Gasteiger partial charge on any atom is -0.282 e. The monoisotopic (exact) mass is 360 g/mol. The average Bonchev–Trinajstić information content (AvgIpc) is 3.09. The van der Waals surface area contributed by atoms with Crippen molar-refractivity contribution in [2.24, 2.45) is 4.99 Å². The first kappa shape index (κ1) is 16.5. The van der Waals surface area contributed by atoms with Crippen LogP contribution in [-0.4, -0.2) is 32.7 Å². The van der Waals surface area contributed by atoms with Crippen LogP contribution in [0, 0.1) is 12.7 Å². The van der Waals surface area contributed by atoms with Crippen LogP contribution in [-0.2, 0) is 4.79 Å². The van der Waals surface area contributed by atoms with E-state index in [1.807, 2.05) is 6.92 Å². The summed E-state index contributed by atoms with van der Waals surface area (Å²) in [6.45, 7) is 5.81. The van der Waals surface area contributed by atoms with Crippen LogP contribution in [0.25, 0.3) is 6.08 Å². The van der Waals surface area contributed by atoms with Crippen molar-refractivity contribution in [2.75, 3.05) is 6.54 Å². The Bertz CT molecular complexity index is 859. The van der Waals surface area contributed by atoms with Crippen molar-refractivity contribution < 1.29 is 9.18 Å². The number of carbonyl (C=O) groups is 1. The van der Waals surface area contributed by atoms with Gasteiger partial charge in [-0.2, -0.15) is 4.99 Å². The van der Waals surface area contributed by atoms with Gasteiger partial charge in [-0.1, -0.05) is 35.6 Å². The molecule has 2 aromatic rings. The van der Waals surface area contributed by atoms with Crippen LogP contribution in [0.4, 0.5) is 9.52 Å². The summed E-state index contributed by atoms with van der Waals surface area (Å²) in [4.78, 5) is 18.9. The molecule has 0 saturated carbocycles. The number of amidine groups is 1. The summed E-state index contributed by atoms with van der Waals surface area (Å²) >= 11 is 2.52. The number of aliphatic imine (C=N–C) groups is 1. The zero-order valence-electron chi connectivity index (χ0n) is 12.8. The molecule has 3 rings (SSSR count). The maximum atomic E-state index is 13.8. The van der Waals surface area contributed by atoms with Crippen LogP contribution in [0.2, 0.25) is 0 Å². The fourth-order valence-corrected chi connectivity index (χ4v) is 3.63. The minimum absolute atomic E-state index is 0.233. The van der Waals surface area contributed by atoms with Crippen LogP contribution in [0.3, 0.4) is 0 Å². The molecule has 5 nitrogen and oxygen atoms in total. The van der Waals surface area contributed by atoms with Gasteiger partial charge in [0.1, 0.15) is 10.8 Å². The Morgan fingerprint density at radius 1 is 1.38 bits per heavy atom. The van der Waals surface area contributed by atoms with E-state index in [1.165, 1.54) is 40.1 Å². The molecule has 2 heterocycles. The van der Waals surface area contributed by atoms with Gasteiger partial charge in [-0.25, -0.2) is 4.39 Å². The third-order valence-electron chi connectivity index (χ3n) is 3.10. The first-order chi connectivity index (χ1) is 11.6. The molecule has 1 saturated heterocycles. The number of rotatable bonds is 4. The maximum absolute atomic E-state index is 13.8. The van der Waals surface area contributed by atoms with Gasteiger partial charge < -0.3 is 0 Å². The molecule has 1 aromatic heterocycles. The summed E-state index contributed by atoms with van der Waals surface area (Å²) in [7, 11) is 0. The molecule has 122 valence electrons. The van der Waals surface area contributed by atoms with Crippen LogP contribution in [0.1, 0.15) is 10.6 Å². The molecular formula is C16H13FN4OS2. The summed E-state index contributed by atoms with van der Waals surface area (Å²) in [5, 5.41) is 9.61. The summed E-state index contributed by atoms with van der Waals surface area (Å²) in [6, 6.07) is 6.31. The highest BCUT2D eigenvalue weighted by atomic mass is 32.2. The topological polar surface area (TPSA) is 58.5 Å². The fraction of sp³-hybridized carbons (Fsp3) is 0.125. The smallest absolute Gasteiger partial charge is 0.267 e. The lowest BCUT2D eigenvalue weighted by Crippen LogP contribution is -2.29. The predicted octanol–water partition coefficient (Wildman–Crippen LogP) is 3.78. The predicted molar refractivity (Wildman–Crippen MR) is 95.6 cm³/mol. The van der Waals surface area contributed by atoms with Gasteiger partial charge in [0.2, 0.25) is 5.13 Å². The van der Waals surface area contributed by atoms with Crippen molar-refractivity contribution >= 4 is 45.4 Å². The van der Waals surface area contributed by atoms with Gasteiger partial charge >= 0.3 is 0 Å². The molecule has 0 aliphatic carbocycles. The van der Waals surface area contributed by atoms with Gasteiger partial charge in [0.15, 0.2) is 5.17 Å². The van der Waals surface area contributed by atoms with E-state index in [1.54, 1.807) is 24.3 Å². The molecule has 24 heavy (non-hydrogen) atoms. The minimum atomic E-state index is -0.376. The van der Waals surface area contributed by atoms with E-state index >= 15 is 0 Å². The number of aromatic nitrogens is 2. The van der Waals surface area contributed by atoms with E-state index in [2.05, 4.69) is 21.8 Å². The molecule has 8 heteroatoms. The number of halogens is 1. The van der Waals surface area contributed by atoms with Gasteiger partial charge in [0, 0.05) is 12.1 Å². The second kappa shape index (κ2) is 7.06. The molecule has 0 unspecified atom stereocenters. The van der Waals surface area contributed by atoms with Gasteiger partial charge in [-0.15, -0.1) is 16.8 Å². The summed E-state index contributed by atoms with van der Waals surface area (Å²) in [5.41, 5.74) is 0.361. The Labute approximate surface area is 146 Å². The van der Waals surface area contributed by atoms with E-state index in [-0.39, 0.29) is 11.7 Å².